The van der Waals surface area contributed by atoms with Gasteiger partial charge in [-0.1, -0.05) is 13.8 Å². The van der Waals surface area contributed by atoms with Crippen LogP contribution < -0.4 is 0 Å². The second kappa shape index (κ2) is 4.63. The summed E-state index contributed by atoms with van der Waals surface area (Å²) in [5.74, 6) is 0. The highest BCUT2D eigenvalue weighted by molar-refractivity contribution is 4.88. The summed E-state index contributed by atoms with van der Waals surface area (Å²) in [7, 11) is 0. The molecular formula is C12H26N2. The molecule has 84 valence electrons. The van der Waals surface area contributed by atoms with Gasteiger partial charge in [0.1, 0.15) is 0 Å². The number of likely N-dealkylation sites (tertiary alicyclic amines) is 1. The summed E-state index contributed by atoms with van der Waals surface area (Å²) in [5, 5.41) is 0. The molecule has 1 saturated heterocycles. The first-order chi connectivity index (χ1) is 6.49. The topological polar surface area (TPSA) is 6.48 Å². The van der Waals surface area contributed by atoms with Crippen LogP contribution in [-0.4, -0.2) is 47.6 Å². The van der Waals surface area contributed by atoms with Crippen LogP contribution in [0.5, 0.6) is 0 Å². The molecular weight excluding hydrogens is 172 g/mol. The van der Waals surface area contributed by atoms with E-state index < -0.39 is 0 Å². The second-order valence-electron chi connectivity index (χ2n) is 5.28. The van der Waals surface area contributed by atoms with Gasteiger partial charge in [0, 0.05) is 24.7 Å². The van der Waals surface area contributed by atoms with E-state index in [9.17, 15) is 0 Å². The Morgan fingerprint density at radius 3 is 2.14 bits per heavy atom. The molecule has 0 N–H and O–H groups in total. The molecule has 0 spiro atoms. The molecule has 0 aromatic heterocycles. The van der Waals surface area contributed by atoms with Crippen LogP contribution in [0.2, 0.25) is 0 Å². The van der Waals surface area contributed by atoms with E-state index in [1.807, 2.05) is 0 Å². The van der Waals surface area contributed by atoms with Gasteiger partial charge in [0.05, 0.1) is 0 Å². The van der Waals surface area contributed by atoms with E-state index in [0.29, 0.717) is 5.54 Å². The molecule has 1 heterocycles. The highest BCUT2D eigenvalue weighted by Gasteiger charge is 2.31. The molecule has 0 radical (unpaired) electrons. The zero-order valence-electron chi connectivity index (χ0n) is 10.5. The quantitative estimate of drug-likeness (QED) is 0.686. The maximum absolute atomic E-state index is 2.61. The van der Waals surface area contributed by atoms with Crippen LogP contribution in [0, 0.1) is 0 Å². The molecule has 0 amide bonds. The molecule has 0 aromatic carbocycles. The minimum absolute atomic E-state index is 0.349. The first kappa shape index (κ1) is 12.0. The summed E-state index contributed by atoms with van der Waals surface area (Å²) in [6, 6.07) is 0.796. The fourth-order valence-corrected chi connectivity index (χ4v) is 2.39. The Morgan fingerprint density at radius 2 is 1.79 bits per heavy atom. The van der Waals surface area contributed by atoms with Gasteiger partial charge in [0.15, 0.2) is 0 Å². The van der Waals surface area contributed by atoms with Crippen LogP contribution in [0.1, 0.15) is 41.0 Å². The molecule has 0 saturated carbocycles. The van der Waals surface area contributed by atoms with Crippen molar-refractivity contribution < 1.29 is 0 Å². The van der Waals surface area contributed by atoms with Crippen molar-refractivity contribution in [3.05, 3.63) is 0 Å². The Kier molecular flexibility index (Phi) is 3.96. The average Bonchev–Trinajstić information content (AvgIpc) is 2.54. The summed E-state index contributed by atoms with van der Waals surface area (Å²) in [4.78, 5) is 5.20. The first-order valence-corrected chi connectivity index (χ1v) is 5.98. The van der Waals surface area contributed by atoms with Crippen molar-refractivity contribution in [1.29, 1.82) is 0 Å². The summed E-state index contributed by atoms with van der Waals surface area (Å²) < 4.78 is 0. The molecule has 1 atom stereocenters. The fraction of sp³-hybridized carbons (Fsp3) is 1.00. The lowest BCUT2D eigenvalue weighted by Gasteiger charge is -2.33. The van der Waals surface area contributed by atoms with Gasteiger partial charge in [-0.05, 0) is 40.3 Å². The van der Waals surface area contributed by atoms with Crippen molar-refractivity contribution in [3.63, 3.8) is 0 Å². The summed E-state index contributed by atoms with van der Waals surface area (Å²) in [5.41, 5.74) is 0.349. The fourth-order valence-electron chi connectivity index (χ4n) is 2.39. The van der Waals surface area contributed by atoms with Crippen LogP contribution in [0.25, 0.3) is 0 Å². The smallest absolute Gasteiger partial charge is 0.0235 e. The maximum Gasteiger partial charge on any atom is 0.0235 e. The third-order valence-electron chi connectivity index (χ3n) is 3.44. The monoisotopic (exact) mass is 198 g/mol. The zero-order valence-corrected chi connectivity index (χ0v) is 10.5. The van der Waals surface area contributed by atoms with Crippen LogP contribution >= 0.6 is 0 Å². The van der Waals surface area contributed by atoms with Crippen molar-refractivity contribution in [2.24, 2.45) is 0 Å². The van der Waals surface area contributed by atoms with Crippen LogP contribution in [0.3, 0.4) is 0 Å². The van der Waals surface area contributed by atoms with Crippen LogP contribution in [-0.2, 0) is 0 Å². The van der Waals surface area contributed by atoms with Crippen molar-refractivity contribution in [2.45, 2.75) is 52.6 Å². The van der Waals surface area contributed by atoms with Crippen molar-refractivity contribution >= 4 is 0 Å². The lowest BCUT2D eigenvalue weighted by Crippen LogP contribution is -2.43. The molecule has 2 heteroatoms. The van der Waals surface area contributed by atoms with Crippen molar-refractivity contribution in [2.75, 3.05) is 26.2 Å². The molecule has 0 aliphatic carbocycles. The SMILES string of the molecule is CCN(CC)C1CCN(C(C)(C)C)C1. The molecule has 14 heavy (non-hydrogen) atoms. The Hall–Kier alpha value is -0.0800. The lowest BCUT2D eigenvalue weighted by molar-refractivity contribution is 0.148. The number of nitrogens with zero attached hydrogens (tertiary/aromatic N) is 2. The Bertz CT molecular complexity index is 168. The zero-order chi connectivity index (χ0) is 10.8. The van der Waals surface area contributed by atoms with Gasteiger partial charge < -0.3 is 0 Å². The maximum atomic E-state index is 2.61. The highest BCUT2D eigenvalue weighted by atomic mass is 15.3. The molecule has 1 unspecified atom stereocenters. The molecule has 0 bridgehead atoms. The van der Waals surface area contributed by atoms with Crippen molar-refractivity contribution in [1.82, 2.24) is 9.80 Å². The van der Waals surface area contributed by atoms with Gasteiger partial charge in [0.25, 0.3) is 0 Å². The van der Waals surface area contributed by atoms with Gasteiger partial charge in [0.2, 0.25) is 0 Å². The molecule has 1 aliphatic heterocycles. The minimum Gasteiger partial charge on any atom is -0.300 e. The Morgan fingerprint density at radius 1 is 1.21 bits per heavy atom. The average molecular weight is 198 g/mol. The van der Waals surface area contributed by atoms with E-state index in [4.69, 9.17) is 0 Å². The standard InChI is InChI=1S/C12H26N2/c1-6-13(7-2)11-8-9-14(10-11)12(3,4)5/h11H,6-10H2,1-5H3. The largest absolute Gasteiger partial charge is 0.300 e. The normalized spacial score (nSPS) is 24.9. The van der Waals surface area contributed by atoms with E-state index >= 15 is 0 Å². The van der Waals surface area contributed by atoms with E-state index in [1.165, 1.54) is 32.6 Å². The number of hydrogen-bond donors (Lipinski definition) is 0. The predicted octanol–water partition coefficient (Wildman–Crippen LogP) is 2.20. The summed E-state index contributed by atoms with van der Waals surface area (Å²) in [6.45, 7) is 16.4. The molecule has 2 nitrogen and oxygen atoms in total. The summed E-state index contributed by atoms with van der Waals surface area (Å²) >= 11 is 0. The molecule has 1 aliphatic rings. The lowest BCUT2D eigenvalue weighted by atomic mass is 10.1. The third kappa shape index (κ3) is 2.71. The number of likely N-dealkylation sites (N-methyl/N-ethyl adjacent to an activating group) is 1. The van der Waals surface area contributed by atoms with Crippen LogP contribution in [0.4, 0.5) is 0 Å². The van der Waals surface area contributed by atoms with Crippen molar-refractivity contribution in [3.8, 4) is 0 Å². The van der Waals surface area contributed by atoms with E-state index in [1.54, 1.807) is 0 Å². The molecule has 0 aromatic rings. The number of hydrogen-bond acceptors (Lipinski definition) is 2. The third-order valence-corrected chi connectivity index (χ3v) is 3.44. The minimum atomic E-state index is 0.349. The Balaban J connectivity index is 2.48. The number of rotatable bonds is 3. The van der Waals surface area contributed by atoms with E-state index in [2.05, 4.69) is 44.4 Å². The van der Waals surface area contributed by atoms with Gasteiger partial charge >= 0.3 is 0 Å². The summed E-state index contributed by atoms with van der Waals surface area (Å²) in [6.07, 6.45) is 1.35. The van der Waals surface area contributed by atoms with E-state index in [0.717, 1.165) is 6.04 Å². The highest BCUT2D eigenvalue weighted by Crippen LogP contribution is 2.23. The van der Waals surface area contributed by atoms with Gasteiger partial charge in [-0.2, -0.15) is 0 Å². The van der Waals surface area contributed by atoms with Gasteiger partial charge in [-0.25, -0.2) is 0 Å². The second-order valence-corrected chi connectivity index (χ2v) is 5.28. The first-order valence-electron chi connectivity index (χ1n) is 5.98. The molecule has 1 rings (SSSR count). The van der Waals surface area contributed by atoms with Crippen LogP contribution in [0.15, 0.2) is 0 Å². The van der Waals surface area contributed by atoms with Gasteiger partial charge in [-0.3, -0.25) is 9.80 Å². The predicted molar refractivity (Wildman–Crippen MR) is 62.7 cm³/mol. The van der Waals surface area contributed by atoms with E-state index in [-0.39, 0.29) is 0 Å². The Labute approximate surface area is 89.3 Å². The molecule has 1 fully saturated rings. The van der Waals surface area contributed by atoms with Gasteiger partial charge in [-0.15, -0.1) is 0 Å².